The number of fused-ring (bicyclic) bond motifs is 1. The molecule has 1 aromatic rings. The van der Waals surface area contributed by atoms with Crippen LogP contribution < -0.4 is 10.6 Å². The SMILES string of the molecule is COCC(=O)NC1CC(C)(C)c2ccc([N+](=O)[O-])cc2NC1=O. The van der Waals surface area contributed by atoms with E-state index in [1.165, 1.54) is 19.2 Å². The van der Waals surface area contributed by atoms with Gasteiger partial charge in [-0.05, 0) is 23.5 Å². The predicted molar refractivity (Wildman–Crippen MR) is 83.2 cm³/mol. The number of non-ortho nitro benzene ring substituents is 1. The minimum Gasteiger partial charge on any atom is -0.375 e. The molecule has 2 N–H and O–H groups in total. The Balaban J connectivity index is 2.34. The van der Waals surface area contributed by atoms with Crippen molar-refractivity contribution >= 4 is 23.2 Å². The molecule has 1 unspecified atom stereocenters. The summed E-state index contributed by atoms with van der Waals surface area (Å²) in [5, 5.41) is 16.2. The molecular formula is C15H19N3O5. The molecule has 2 rings (SSSR count). The maximum Gasteiger partial charge on any atom is 0.271 e. The number of carbonyl (C=O) groups excluding carboxylic acids is 2. The maximum atomic E-state index is 12.3. The summed E-state index contributed by atoms with van der Waals surface area (Å²) >= 11 is 0. The number of amides is 2. The summed E-state index contributed by atoms with van der Waals surface area (Å²) in [7, 11) is 1.39. The van der Waals surface area contributed by atoms with E-state index >= 15 is 0 Å². The molecule has 0 aliphatic carbocycles. The molecule has 1 atom stereocenters. The number of benzene rings is 1. The first-order chi connectivity index (χ1) is 10.7. The molecule has 124 valence electrons. The molecule has 8 heteroatoms. The van der Waals surface area contributed by atoms with Crippen molar-refractivity contribution in [3.8, 4) is 0 Å². The summed E-state index contributed by atoms with van der Waals surface area (Å²) in [6.07, 6.45) is 0.374. The number of methoxy groups -OCH3 is 1. The number of nitrogens with one attached hydrogen (secondary N) is 2. The summed E-state index contributed by atoms with van der Waals surface area (Å²) in [6.45, 7) is 3.71. The van der Waals surface area contributed by atoms with Gasteiger partial charge in [0.2, 0.25) is 11.8 Å². The van der Waals surface area contributed by atoms with E-state index in [0.29, 0.717) is 12.1 Å². The van der Waals surface area contributed by atoms with Gasteiger partial charge in [0.15, 0.2) is 0 Å². The Morgan fingerprint density at radius 1 is 1.52 bits per heavy atom. The molecule has 0 radical (unpaired) electrons. The van der Waals surface area contributed by atoms with Gasteiger partial charge in [0.05, 0.1) is 10.6 Å². The number of nitro benzene ring substituents is 1. The lowest BCUT2D eigenvalue weighted by Crippen LogP contribution is -2.46. The molecule has 2 amide bonds. The molecule has 0 saturated heterocycles. The first kappa shape index (κ1) is 16.9. The van der Waals surface area contributed by atoms with E-state index in [4.69, 9.17) is 4.74 Å². The molecule has 1 aromatic carbocycles. The van der Waals surface area contributed by atoms with Crippen LogP contribution in [0.3, 0.4) is 0 Å². The number of rotatable bonds is 4. The largest absolute Gasteiger partial charge is 0.375 e. The monoisotopic (exact) mass is 321 g/mol. The Kier molecular flexibility index (Phi) is 4.65. The average molecular weight is 321 g/mol. The zero-order valence-corrected chi connectivity index (χ0v) is 13.2. The van der Waals surface area contributed by atoms with Crippen molar-refractivity contribution in [1.82, 2.24) is 5.32 Å². The highest BCUT2D eigenvalue weighted by Crippen LogP contribution is 2.38. The fraction of sp³-hybridized carbons (Fsp3) is 0.467. The van der Waals surface area contributed by atoms with E-state index in [0.717, 1.165) is 5.56 Å². The van der Waals surface area contributed by atoms with Gasteiger partial charge in [-0.3, -0.25) is 19.7 Å². The lowest BCUT2D eigenvalue weighted by molar-refractivity contribution is -0.384. The molecular weight excluding hydrogens is 302 g/mol. The topological polar surface area (TPSA) is 111 Å². The van der Waals surface area contributed by atoms with Crippen LogP contribution in [0.25, 0.3) is 0 Å². The molecule has 1 heterocycles. The Morgan fingerprint density at radius 2 is 2.22 bits per heavy atom. The highest BCUT2D eigenvalue weighted by molar-refractivity contribution is 5.99. The van der Waals surface area contributed by atoms with E-state index in [-0.39, 0.29) is 18.2 Å². The van der Waals surface area contributed by atoms with Gasteiger partial charge in [0, 0.05) is 19.2 Å². The molecule has 0 spiro atoms. The van der Waals surface area contributed by atoms with Gasteiger partial charge in [-0.25, -0.2) is 0 Å². The second-order valence-corrected chi connectivity index (χ2v) is 6.12. The summed E-state index contributed by atoms with van der Waals surface area (Å²) in [6, 6.07) is 3.66. The third-order valence-corrected chi connectivity index (χ3v) is 3.84. The van der Waals surface area contributed by atoms with Crippen LogP contribution in [-0.2, 0) is 19.7 Å². The van der Waals surface area contributed by atoms with Crippen molar-refractivity contribution in [3.05, 3.63) is 33.9 Å². The molecule has 23 heavy (non-hydrogen) atoms. The van der Waals surface area contributed by atoms with E-state index in [1.807, 2.05) is 13.8 Å². The van der Waals surface area contributed by atoms with Crippen molar-refractivity contribution in [2.45, 2.75) is 31.7 Å². The molecule has 1 aliphatic heterocycles. The molecule has 0 saturated carbocycles. The second kappa shape index (κ2) is 6.33. The van der Waals surface area contributed by atoms with E-state index in [9.17, 15) is 19.7 Å². The van der Waals surface area contributed by atoms with Gasteiger partial charge in [-0.1, -0.05) is 13.8 Å². The molecule has 1 aliphatic rings. The quantitative estimate of drug-likeness (QED) is 0.642. The summed E-state index contributed by atoms with van der Waals surface area (Å²) in [5.41, 5.74) is 0.647. The molecule has 0 bridgehead atoms. The molecule has 0 aromatic heterocycles. The fourth-order valence-corrected chi connectivity index (χ4v) is 2.76. The zero-order chi connectivity index (χ0) is 17.2. The Bertz CT molecular complexity index is 657. The summed E-state index contributed by atoms with van der Waals surface area (Å²) in [4.78, 5) is 34.4. The predicted octanol–water partition coefficient (Wildman–Crippen LogP) is 1.35. The number of anilines is 1. The van der Waals surface area contributed by atoms with Gasteiger partial charge in [0.25, 0.3) is 5.69 Å². The summed E-state index contributed by atoms with van der Waals surface area (Å²) < 4.78 is 4.75. The minimum atomic E-state index is -0.737. The number of hydrogen-bond donors (Lipinski definition) is 2. The third kappa shape index (κ3) is 3.65. The lowest BCUT2D eigenvalue weighted by Gasteiger charge is -2.27. The fourth-order valence-electron chi connectivity index (χ4n) is 2.76. The Hall–Kier alpha value is -2.48. The number of ether oxygens (including phenoxy) is 1. The lowest BCUT2D eigenvalue weighted by atomic mass is 9.79. The van der Waals surface area contributed by atoms with E-state index < -0.39 is 22.3 Å². The summed E-state index contributed by atoms with van der Waals surface area (Å²) in [5.74, 6) is -0.790. The zero-order valence-electron chi connectivity index (χ0n) is 13.2. The average Bonchev–Trinajstić information content (AvgIpc) is 2.54. The highest BCUT2D eigenvalue weighted by atomic mass is 16.6. The highest BCUT2D eigenvalue weighted by Gasteiger charge is 2.36. The van der Waals surface area contributed by atoms with Crippen LogP contribution in [-0.4, -0.2) is 36.5 Å². The standard InChI is InChI=1S/C15H19N3O5/c1-15(2)7-12(16-13(19)8-23-3)14(20)17-11-6-9(18(21)22)4-5-10(11)15/h4-6,12H,7-8H2,1-3H3,(H,16,19)(H,17,20). The van der Waals surface area contributed by atoms with Crippen LogP contribution in [0.1, 0.15) is 25.8 Å². The van der Waals surface area contributed by atoms with Gasteiger partial charge in [-0.2, -0.15) is 0 Å². The van der Waals surface area contributed by atoms with Gasteiger partial charge >= 0.3 is 0 Å². The number of nitro groups is 1. The third-order valence-electron chi connectivity index (χ3n) is 3.84. The minimum absolute atomic E-state index is 0.0956. The van der Waals surface area contributed by atoms with Crippen molar-refractivity contribution in [1.29, 1.82) is 0 Å². The van der Waals surface area contributed by atoms with E-state index in [2.05, 4.69) is 10.6 Å². The van der Waals surface area contributed by atoms with Crippen LogP contribution in [0.2, 0.25) is 0 Å². The van der Waals surface area contributed by atoms with Gasteiger partial charge in [-0.15, -0.1) is 0 Å². The van der Waals surface area contributed by atoms with E-state index in [1.54, 1.807) is 6.07 Å². The first-order valence-corrected chi connectivity index (χ1v) is 7.12. The Morgan fingerprint density at radius 3 is 2.83 bits per heavy atom. The smallest absolute Gasteiger partial charge is 0.271 e. The molecule has 8 nitrogen and oxygen atoms in total. The maximum absolute atomic E-state index is 12.3. The second-order valence-electron chi connectivity index (χ2n) is 6.12. The van der Waals surface area contributed by atoms with Crippen molar-refractivity contribution in [2.24, 2.45) is 0 Å². The number of hydrogen-bond acceptors (Lipinski definition) is 5. The Labute approximate surface area is 133 Å². The normalized spacial score (nSPS) is 19.3. The van der Waals surface area contributed by atoms with Crippen molar-refractivity contribution < 1.29 is 19.2 Å². The van der Waals surface area contributed by atoms with Crippen LogP contribution >= 0.6 is 0 Å². The van der Waals surface area contributed by atoms with Crippen molar-refractivity contribution in [3.63, 3.8) is 0 Å². The van der Waals surface area contributed by atoms with Crippen LogP contribution in [0.15, 0.2) is 18.2 Å². The van der Waals surface area contributed by atoms with Crippen molar-refractivity contribution in [2.75, 3.05) is 19.0 Å². The van der Waals surface area contributed by atoms with Crippen LogP contribution in [0.4, 0.5) is 11.4 Å². The molecule has 0 fully saturated rings. The number of nitrogens with zero attached hydrogens (tertiary/aromatic N) is 1. The van der Waals surface area contributed by atoms with Crippen LogP contribution in [0, 0.1) is 10.1 Å². The first-order valence-electron chi connectivity index (χ1n) is 7.12. The number of carbonyl (C=O) groups is 2. The van der Waals surface area contributed by atoms with Crippen LogP contribution in [0.5, 0.6) is 0 Å². The van der Waals surface area contributed by atoms with Gasteiger partial charge < -0.3 is 15.4 Å². The van der Waals surface area contributed by atoms with Gasteiger partial charge in [0.1, 0.15) is 12.6 Å².